The third-order valence-electron chi connectivity index (χ3n) is 8.50. The zero-order chi connectivity index (χ0) is 31.6. The van der Waals surface area contributed by atoms with E-state index >= 15 is 0 Å². The van der Waals surface area contributed by atoms with Crippen LogP contribution >= 0.6 is 0 Å². The molecule has 2 aliphatic rings. The minimum atomic E-state index is -0.922. The van der Waals surface area contributed by atoms with E-state index in [2.05, 4.69) is 26.9 Å². The number of nitrogens with zero attached hydrogens (tertiary/aromatic N) is 1. The molecule has 226 valence electrons. The lowest BCUT2D eigenvalue weighted by Crippen LogP contribution is -2.30. The molecule has 10 heteroatoms. The Morgan fingerprint density at radius 3 is 2.19 bits per heavy atom. The first-order chi connectivity index (χ1) is 20.4. The van der Waals surface area contributed by atoms with Crippen molar-refractivity contribution >= 4 is 41.6 Å². The van der Waals surface area contributed by atoms with Crippen molar-refractivity contribution in [1.29, 1.82) is 0 Å². The summed E-state index contributed by atoms with van der Waals surface area (Å²) < 4.78 is 0. The van der Waals surface area contributed by atoms with Crippen molar-refractivity contribution in [3.05, 3.63) is 79.8 Å². The third kappa shape index (κ3) is 6.38. The summed E-state index contributed by atoms with van der Waals surface area (Å²) in [6.07, 6.45) is 8.05. The molecule has 2 atom stereocenters. The molecule has 0 saturated carbocycles. The third-order valence-corrected chi connectivity index (χ3v) is 8.50. The second kappa shape index (κ2) is 12.6. The molecule has 2 aromatic heterocycles. The highest BCUT2D eigenvalue weighted by atomic mass is 16.4. The molecule has 4 rings (SSSR count). The van der Waals surface area contributed by atoms with Gasteiger partial charge in [0.15, 0.2) is 0 Å². The fraction of sp³-hybridized carbons (Fsp3) is 0.364. The van der Waals surface area contributed by atoms with Gasteiger partial charge in [-0.05, 0) is 93.0 Å². The Morgan fingerprint density at radius 2 is 1.60 bits per heavy atom. The first-order valence-corrected chi connectivity index (χ1v) is 14.3. The molecule has 0 aromatic carbocycles. The van der Waals surface area contributed by atoms with Crippen molar-refractivity contribution in [3.63, 3.8) is 0 Å². The van der Waals surface area contributed by atoms with E-state index in [0.29, 0.717) is 34.1 Å². The number of amides is 2. The second-order valence-corrected chi connectivity index (χ2v) is 11.1. The number of carboxylic acid groups (broad SMARTS) is 2. The van der Waals surface area contributed by atoms with Crippen molar-refractivity contribution < 1.29 is 29.4 Å². The van der Waals surface area contributed by atoms with E-state index in [4.69, 9.17) is 0 Å². The summed E-state index contributed by atoms with van der Waals surface area (Å²) >= 11 is 0. The normalized spacial score (nSPS) is 20.4. The van der Waals surface area contributed by atoms with Crippen LogP contribution < -0.4 is 16.0 Å². The van der Waals surface area contributed by atoms with Crippen LogP contribution in [0, 0.1) is 19.8 Å². The molecule has 0 spiro atoms. The average molecular weight is 587 g/mol. The number of nitrogens with one attached hydrogen (secondary N) is 3. The highest BCUT2D eigenvalue weighted by molar-refractivity contribution is 6.29. The molecule has 0 fully saturated rings. The molecule has 0 aliphatic carbocycles. The van der Waals surface area contributed by atoms with Gasteiger partial charge in [-0.25, -0.2) is 4.99 Å². The van der Waals surface area contributed by atoms with Crippen LogP contribution in [0.4, 0.5) is 0 Å². The molecule has 2 aliphatic heterocycles. The number of aromatic amines is 2. The molecule has 43 heavy (non-hydrogen) atoms. The summed E-state index contributed by atoms with van der Waals surface area (Å²) in [6, 6.07) is -0.226. The molecule has 5 N–H and O–H groups in total. The first-order valence-electron chi connectivity index (χ1n) is 14.3. The predicted molar refractivity (Wildman–Crippen MR) is 164 cm³/mol. The van der Waals surface area contributed by atoms with Crippen molar-refractivity contribution in [2.45, 2.75) is 72.8 Å². The van der Waals surface area contributed by atoms with Crippen LogP contribution in [0.1, 0.15) is 67.3 Å². The standard InChI is InChI=1S/C33H38N4O6/c1-7-20-19(6)32(42)37-27(20)14-25-18(5)23(10-12-31(40)41)29(35-25)15-28-22(9-11-30(38)39)17(4)24(34-28)13-26-16(3)21(8-2)33(43)36-26/h7-8,14-15,19,26,34-35H,2,9-13H2,1,3-6H3,(H,36,43)(H,38,39)(H,40,41)/b20-7-,25-14-,29-15-/t19-,26-/m1/s1. The van der Waals surface area contributed by atoms with Crippen LogP contribution in [0.2, 0.25) is 0 Å². The maximum Gasteiger partial charge on any atom is 0.303 e. The van der Waals surface area contributed by atoms with Crippen LogP contribution in [0.15, 0.2) is 40.4 Å². The van der Waals surface area contributed by atoms with E-state index in [1.165, 1.54) is 0 Å². The molecule has 0 saturated heterocycles. The molecule has 10 nitrogen and oxygen atoms in total. The van der Waals surface area contributed by atoms with Gasteiger partial charge >= 0.3 is 11.9 Å². The molecule has 0 radical (unpaired) electrons. The zero-order valence-corrected chi connectivity index (χ0v) is 25.2. The smallest absolute Gasteiger partial charge is 0.303 e. The summed E-state index contributed by atoms with van der Waals surface area (Å²) in [4.78, 5) is 58.8. The first kappa shape index (κ1) is 31.2. The molecule has 0 bridgehead atoms. The number of carbonyl (C=O) groups is 4. The number of H-pyrrole nitrogens is 2. The Labute approximate surface area is 249 Å². The number of carboxylic acids is 2. The molecule has 2 amide bonds. The quantitative estimate of drug-likeness (QED) is 0.272. The Morgan fingerprint density at radius 1 is 0.953 bits per heavy atom. The fourth-order valence-electron chi connectivity index (χ4n) is 5.90. The summed E-state index contributed by atoms with van der Waals surface area (Å²) in [6.45, 7) is 13.2. The van der Waals surface area contributed by atoms with E-state index in [0.717, 1.165) is 39.1 Å². The molecule has 4 heterocycles. The van der Waals surface area contributed by atoms with Gasteiger partial charge in [-0.15, -0.1) is 0 Å². The van der Waals surface area contributed by atoms with Crippen molar-refractivity contribution in [3.8, 4) is 0 Å². The Bertz CT molecular complexity index is 1750. The van der Waals surface area contributed by atoms with E-state index in [1.807, 2.05) is 52.8 Å². The number of rotatable bonds is 11. The number of carbonyl (C=O) groups excluding carboxylic acids is 2. The summed E-state index contributed by atoms with van der Waals surface area (Å²) in [5.41, 5.74) is 7.85. The minimum absolute atomic E-state index is 0.0640. The van der Waals surface area contributed by atoms with Crippen molar-refractivity contribution in [2.75, 3.05) is 0 Å². The molecular formula is C33H38N4O6. The monoisotopic (exact) mass is 586 g/mol. The van der Waals surface area contributed by atoms with Crippen LogP contribution in [0.5, 0.6) is 0 Å². The van der Waals surface area contributed by atoms with Crippen LogP contribution in [0.3, 0.4) is 0 Å². The lowest BCUT2D eigenvalue weighted by atomic mass is 9.98. The second-order valence-electron chi connectivity index (χ2n) is 11.1. The number of aromatic nitrogens is 2. The Hall–Kier alpha value is -4.73. The molecule has 2 aromatic rings. The number of aliphatic carboxylic acids is 2. The SMILES string of the molecule is C=CC1=C(C)[C@@H](Cc2[nH]c(/C=c3\[nH]/c(=C\C4=NC(=O)[C@H](C)/C4=C/C)c(C)c3CCC(=O)O)c(CCC(=O)O)c2C)NC1=O. The van der Waals surface area contributed by atoms with Gasteiger partial charge in [-0.2, -0.15) is 0 Å². The van der Waals surface area contributed by atoms with Crippen molar-refractivity contribution in [2.24, 2.45) is 10.9 Å². The van der Waals surface area contributed by atoms with Crippen LogP contribution in [-0.2, 0) is 38.4 Å². The average Bonchev–Trinajstić information content (AvgIpc) is 3.59. The highest BCUT2D eigenvalue weighted by Crippen LogP contribution is 2.27. The lowest BCUT2D eigenvalue weighted by Gasteiger charge is -2.12. The van der Waals surface area contributed by atoms with Crippen molar-refractivity contribution in [1.82, 2.24) is 15.3 Å². The van der Waals surface area contributed by atoms with Gasteiger partial charge in [0.2, 0.25) is 0 Å². The van der Waals surface area contributed by atoms with Crippen LogP contribution in [-0.4, -0.2) is 55.7 Å². The number of hydrogen-bond acceptors (Lipinski definition) is 4. The summed E-state index contributed by atoms with van der Waals surface area (Å²) in [5.74, 6) is -2.54. The van der Waals surface area contributed by atoms with Gasteiger partial charge < -0.3 is 25.5 Å². The van der Waals surface area contributed by atoms with Gasteiger partial charge in [0.25, 0.3) is 11.8 Å². The maximum absolute atomic E-state index is 12.4. The van der Waals surface area contributed by atoms with Gasteiger partial charge in [0.1, 0.15) is 0 Å². The van der Waals surface area contributed by atoms with Gasteiger partial charge in [0, 0.05) is 46.9 Å². The fourth-order valence-corrected chi connectivity index (χ4v) is 5.90. The van der Waals surface area contributed by atoms with Gasteiger partial charge in [0.05, 0.1) is 17.7 Å². The lowest BCUT2D eigenvalue weighted by molar-refractivity contribution is -0.138. The molecule has 0 unspecified atom stereocenters. The number of allylic oxidation sites excluding steroid dienone is 1. The van der Waals surface area contributed by atoms with Gasteiger partial charge in [-0.1, -0.05) is 18.7 Å². The highest BCUT2D eigenvalue weighted by Gasteiger charge is 2.29. The number of aliphatic imine (C=N–C) groups is 1. The summed E-state index contributed by atoms with van der Waals surface area (Å²) in [7, 11) is 0. The zero-order valence-electron chi connectivity index (χ0n) is 25.2. The van der Waals surface area contributed by atoms with E-state index < -0.39 is 11.9 Å². The Kier molecular flexibility index (Phi) is 9.18. The summed E-state index contributed by atoms with van der Waals surface area (Å²) in [5, 5.41) is 23.3. The topological polar surface area (TPSA) is 165 Å². The van der Waals surface area contributed by atoms with E-state index in [1.54, 1.807) is 6.08 Å². The molecular weight excluding hydrogens is 548 g/mol. The number of hydrogen-bond donors (Lipinski definition) is 5. The maximum atomic E-state index is 12.4. The predicted octanol–water partition coefficient (Wildman–Crippen LogP) is 2.71. The largest absolute Gasteiger partial charge is 0.481 e. The van der Waals surface area contributed by atoms with Gasteiger partial charge in [-0.3, -0.25) is 19.2 Å². The van der Waals surface area contributed by atoms with E-state index in [-0.39, 0.29) is 49.5 Å². The van der Waals surface area contributed by atoms with Crippen LogP contribution in [0.25, 0.3) is 12.2 Å². The Balaban J connectivity index is 1.86. The minimum Gasteiger partial charge on any atom is -0.481 e. The van der Waals surface area contributed by atoms with E-state index in [9.17, 15) is 29.4 Å².